The van der Waals surface area contributed by atoms with Crippen molar-refractivity contribution in [3.63, 3.8) is 0 Å². The van der Waals surface area contributed by atoms with Gasteiger partial charge in [-0.2, -0.15) is 0 Å². The van der Waals surface area contributed by atoms with Crippen LogP contribution < -0.4 is 5.32 Å². The van der Waals surface area contributed by atoms with Crippen molar-refractivity contribution in [1.29, 1.82) is 0 Å². The molecule has 0 saturated heterocycles. The van der Waals surface area contributed by atoms with Gasteiger partial charge in [-0.15, -0.1) is 0 Å². The van der Waals surface area contributed by atoms with Crippen LogP contribution in [0.5, 0.6) is 0 Å². The molecule has 0 bridgehead atoms. The first-order valence-electron chi connectivity index (χ1n) is 22.5. The van der Waals surface area contributed by atoms with E-state index in [-0.39, 0.29) is 12.5 Å². The summed E-state index contributed by atoms with van der Waals surface area (Å²) in [4.78, 5) is 12.4. The highest BCUT2D eigenvalue weighted by Crippen LogP contribution is 2.15. The number of carbonyl (C=O) groups excluding carboxylic acids is 1. The lowest BCUT2D eigenvalue weighted by Gasteiger charge is -2.20. The molecule has 0 aliphatic heterocycles. The average Bonchev–Trinajstić information content (AvgIpc) is 3.15. The van der Waals surface area contributed by atoms with Crippen molar-refractivity contribution in [2.45, 2.75) is 231 Å². The zero-order valence-corrected chi connectivity index (χ0v) is 34.6. The fourth-order valence-corrected chi connectivity index (χ4v) is 6.58. The van der Waals surface area contributed by atoms with Crippen LogP contribution in [0.15, 0.2) is 60.8 Å². The quantitative estimate of drug-likeness (QED) is 0.0435. The predicted octanol–water partition coefficient (Wildman–Crippen LogP) is 14.1. The maximum absolute atomic E-state index is 12.4. The normalized spacial score (nSPS) is 13.5. The predicted molar refractivity (Wildman–Crippen MR) is 230 cm³/mol. The van der Waals surface area contributed by atoms with Gasteiger partial charge >= 0.3 is 0 Å². The van der Waals surface area contributed by atoms with Crippen molar-refractivity contribution in [3.05, 3.63) is 60.8 Å². The van der Waals surface area contributed by atoms with E-state index in [4.69, 9.17) is 0 Å². The molecule has 1 amide bonds. The average molecular weight is 726 g/mol. The van der Waals surface area contributed by atoms with Gasteiger partial charge in [-0.25, -0.2) is 0 Å². The van der Waals surface area contributed by atoms with Gasteiger partial charge in [-0.05, 0) is 57.8 Å². The molecule has 0 radical (unpaired) electrons. The molecule has 4 nitrogen and oxygen atoms in total. The Kier molecular flexibility index (Phi) is 41.9. The molecule has 2 atom stereocenters. The smallest absolute Gasteiger partial charge is 0.220 e. The number of carbonyl (C=O) groups is 1. The van der Waals surface area contributed by atoms with Crippen LogP contribution in [-0.2, 0) is 4.79 Å². The number of allylic oxidation sites excluding steroid dienone is 9. The highest BCUT2D eigenvalue weighted by atomic mass is 16.3. The molecule has 302 valence electrons. The summed E-state index contributed by atoms with van der Waals surface area (Å²) in [7, 11) is 0. The van der Waals surface area contributed by atoms with Crippen LogP contribution in [0.4, 0.5) is 0 Å². The second kappa shape index (κ2) is 43.5. The van der Waals surface area contributed by atoms with E-state index >= 15 is 0 Å². The monoisotopic (exact) mass is 726 g/mol. The molecule has 0 aromatic carbocycles. The molecule has 0 aromatic heterocycles. The standard InChI is InChI=1S/C48H87NO3/c1-3-5-7-9-11-13-15-17-18-19-20-21-22-23-24-25-26-27-28-29-30-32-34-36-38-40-42-44-48(52)49-46(45-50)47(51)43-41-39-37-35-33-31-16-14-12-10-8-6-4-2/h5,7,11,13,17-18,20-21,41,43,46-47,50-51H,3-4,6,8-10,12,14-16,19,22-40,42,44-45H2,1-2H3,(H,49,52)/b7-5-,13-11-,18-17-,21-20-,43-41+. The summed E-state index contributed by atoms with van der Waals surface area (Å²) < 4.78 is 0. The van der Waals surface area contributed by atoms with Gasteiger partial charge in [0.25, 0.3) is 0 Å². The van der Waals surface area contributed by atoms with Gasteiger partial charge in [0.05, 0.1) is 18.8 Å². The van der Waals surface area contributed by atoms with Crippen molar-refractivity contribution in [2.75, 3.05) is 6.61 Å². The lowest BCUT2D eigenvalue weighted by molar-refractivity contribution is -0.123. The minimum atomic E-state index is -0.839. The molecule has 0 saturated carbocycles. The molecule has 52 heavy (non-hydrogen) atoms. The number of aliphatic hydroxyl groups is 2. The van der Waals surface area contributed by atoms with Crippen LogP contribution >= 0.6 is 0 Å². The molecular formula is C48H87NO3. The highest BCUT2D eigenvalue weighted by molar-refractivity contribution is 5.76. The molecular weight excluding hydrogens is 639 g/mol. The molecule has 0 fully saturated rings. The third-order valence-corrected chi connectivity index (χ3v) is 10.0. The van der Waals surface area contributed by atoms with E-state index in [1.807, 2.05) is 6.08 Å². The van der Waals surface area contributed by atoms with E-state index in [0.29, 0.717) is 6.42 Å². The number of nitrogens with one attached hydrogen (secondary N) is 1. The topological polar surface area (TPSA) is 69.6 Å². The number of hydrogen-bond acceptors (Lipinski definition) is 3. The van der Waals surface area contributed by atoms with Crippen LogP contribution in [0.25, 0.3) is 0 Å². The van der Waals surface area contributed by atoms with E-state index in [2.05, 4.69) is 67.8 Å². The van der Waals surface area contributed by atoms with Crippen LogP contribution in [0.1, 0.15) is 219 Å². The summed E-state index contributed by atoms with van der Waals surface area (Å²) in [5, 5.41) is 23.0. The number of hydrogen-bond donors (Lipinski definition) is 3. The Balaban J connectivity index is 3.53. The highest BCUT2D eigenvalue weighted by Gasteiger charge is 2.17. The fourth-order valence-electron chi connectivity index (χ4n) is 6.58. The molecule has 3 N–H and O–H groups in total. The van der Waals surface area contributed by atoms with E-state index < -0.39 is 12.1 Å². The molecule has 0 spiro atoms. The Morgan fingerprint density at radius 2 is 0.846 bits per heavy atom. The van der Waals surface area contributed by atoms with Gasteiger partial charge in [0.2, 0.25) is 5.91 Å². The van der Waals surface area contributed by atoms with Crippen molar-refractivity contribution in [1.82, 2.24) is 5.32 Å². The van der Waals surface area contributed by atoms with Gasteiger partial charge in [0.1, 0.15) is 0 Å². The summed E-state index contributed by atoms with van der Waals surface area (Å²) in [6.07, 6.45) is 60.5. The van der Waals surface area contributed by atoms with Crippen LogP contribution in [0.3, 0.4) is 0 Å². The molecule has 0 aliphatic rings. The summed E-state index contributed by atoms with van der Waals surface area (Å²) in [6, 6.07) is -0.623. The van der Waals surface area contributed by atoms with Crippen molar-refractivity contribution in [3.8, 4) is 0 Å². The fraction of sp³-hybridized carbons (Fsp3) is 0.771. The summed E-state index contributed by atoms with van der Waals surface area (Å²) in [5.41, 5.74) is 0. The van der Waals surface area contributed by atoms with Crippen molar-refractivity contribution < 1.29 is 15.0 Å². The lowest BCUT2D eigenvalue weighted by atomic mass is 10.0. The molecule has 0 heterocycles. The number of rotatable bonds is 40. The van der Waals surface area contributed by atoms with E-state index in [0.717, 1.165) is 51.4 Å². The third-order valence-electron chi connectivity index (χ3n) is 10.0. The molecule has 4 heteroatoms. The Bertz CT molecular complexity index is 873. The van der Waals surface area contributed by atoms with Gasteiger partial charge in [0.15, 0.2) is 0 Å². The molecule has 0 aromatic rings. The lowest BCUT2D eigenvalue weighted by Crippen LogP contribution is -2.45. The second-order valence-electron chi connectivity index (χ2n) is 15.1. The van der Waals surface area contributed by atoms with E-state index in [9.17, 15) is 15.0 Å². The Hall–Kier alpha value is -1.91. The van der Waals surface area contributed by atoms with Crippen LogP contribution in [-0.4, -0.2) is 34.9 Å². The molecule has 2 unspecified atom stereocenters. The minimum Gasteiger partial charge on any atom is -0.394 e. The van der Waals surface area contributed by atoms with E-state index in [1.54, 1.807) is 6.08 Å². The summed E-state index contributed by atoms with van der Waals surface area (Å²) >= 11 is 0. The number of amides is 1. The largest absolute Gasteiger partial charge is 0.394 e. The Morgan fingerprint density at radius 1 is 0.481 bits per heavy atom. The number of unbranched alkanes of at least 4 members (excludes halogenated alkanes) is 25. The second-order valence-corrected chi connectivity index (χ2v) is 15.1. The maximum atomic E-state index is 12.4. The van der Waals surface area contributed by atoms with Gasteiger partial charge in [0, 0.05) is 6.42 Å². The number of aliphatic hydroxyl groups excluding tert-OH is 2. The Labute approximate surface area is 324 Å². The third kappa shape index (κ3) is 39.3. The van der Waals surface area contributed by atoms with Gasteiger partial charge in [-0.3, -0.25) is 4.79 Å². The van der Waals surface area contributed by atoms with Gasteiger partial charge < -0.3 is 15.5 Å². The van der Waals surface area contributed by atoms with Crippen LogP contribution in [0.2, 0.25) is 0 Å². The van der Waals surface area contributed by atoms with Crippen LogP contribution in [0, 0.1) is 0 Å². The Morgan fingerprint density at radius 3 is 1.27 bits per heavy atom. The zero-order valence-electron chi connectivity index (χ0n) is 34.6. The first-order valence-corrected chi connectivity index (χ1v) is 22.5. The first-order chi connectivity index (χ1) is 25.7. The van der Waals surface area contributed by atoms with Gasteiger partial charge in [-0.1, -0.05) is 216 Å². The van der Waals surface area contributed by atoms with Crippen molar-refractivity contribution >= 4 is 5.91 Å². The van der Waals surface area contributed by atoms with E-state index in [1.165, 1.54) is 148 Å². The zero-order chi connectivity index (χ0) is 37.8. The van der Waals surface area contributed by atoms with Crippen molar-refractivity contribution in [2.24, 2.45) is 0 Å². The maximum Gasteiger partial charge on any atom is 0.220 e. The summed E-state index contributed by atoms with van der Waals surface area (Å²) in [5.74, 6) is -0.0669. The summed E-state index contributed by atoms with van der Waals surface area (Å²) in [6.45, 7) is 4.19. The molecule has 0 rings (SSSR count). The molecule has 0 aliphatic carbocycles. The SMILES string of the molecule is CC/C=C\C/C=C\C/C=C\C/C=C\CCCCCCCCCCCCCCCCC(=O)NC(CO)C(O)/C=C/CCCCCCCCCCCCC. The first kappa shape index (κ1) is 50.1. The minimum absolute atomic E-state index is 0.0669.